The maximum Gasteiger partial charge on any atom is 0.164 e. The maximum absolute atomic E-state index is 9.57. The lowest BCUT2D eigenvalue weighted by Crippen LogP contribution is -2.40. The molecule has 1 unspecified atom stereocenters. The molecule has 0 spiro atoms. The number of fused-ring (bicyclic) bond motifs is 5. The molecule has 1 aromatic heterocycles. The van der Waals surface area contributed by atoms with Crippen LogP contribution in [-0.2, 0) is 16.2 Å². The minimum absolute atomic E-state index is 0.0596. The summed E-state index contributed by atoms with van der Waals surface area (Å²) in [6.45, 7) is 13.6. The van der Waals surface area contributed by atoms with Crippen molar-refractivity contribution in [3.63, 3.8) is 0 Å². The molecule has 4 nitrogen and oxygen atoms in total. The van der Waals surface area contributed by atoms with E-state index in [0.29, 0.717) is 28.5 Å². The smallest absolute Gasteiger partial charge is 0.164 e. The van der Waals surface area contributed by atoms with Crippen LogP contribution in [-0.4, -0.2) is 15.0 Å². The molecule has 0 radical (unpaired) electrons. The molecule has 9 rings (SSSR count). The van der Waals surface area contributed by atoms with Gasteiger partial charge in [0.05, 0.1) is 11.6 Å². The quantitative estimate of drug-likeness (QED) is 0.171. The SMILES string of the molecule is CC[C@@H]1C[C@@H]2CCCC(c3ccc(-c4nc(-c5ccc(-c6ccc7c(c6)-c6ccc(C#N)cc6C7(C)C)cc5)nc(-c5ccc(C(C)(C)C)cc5)n4)cc3)(C1)C2. The van der Waals surface area contributed by atoms with E-state index >= 15 is 0 Å². The van der Waals surface area contributed by atoms with Crippen LogP contribution in [0.3, 0.4) is 0 Å². The van der Waals surface area contributed by atoms with Gasteiger partial charge in [-0.25, -0.2) is 15.0 Å². The zero-order valence-electron chi connectivity index (χ0n) is 33.8. The van der Waals surface area contributed by atoms with Crippen molar-refractivity contribution in [1.82, 2.24) is 15.0 Å². The van der Waals surface area contributed by atoms with Gasteiger partial charge in [-0.3, -0.25) is 0 Å². The second kappa shape index (κ2) is 13.7. The lowest BCUT2D eigenvalue weighted by atomic mass is 9.56. The molecule has 2 bridgehead atoms. The van der Waals surface area contributed by atoms with E-state index in [2.05, 4.69) is 151 Å². The number of aromatic nitrogens is 3. The fraction of sp³-hybridized carbons (Fsp3) is 0.346. The lowest BCUT2D eigenvalue weighted by Gasteiger charge is -2.49. The predicted octanol–water partition coefficient (Wildman–Crippen LogP) is 13.3. The highest BCUT2D eigenvalue weighted by molar-refractivity contribution is 5.85. The Kier molecular flexibility index (Phi) is 8.84. The minimum Gasteiger partial charge on any atom is -0.208 e. The van der Waals surface area contributed by atoms with E-state index in [1.165, 1.54) is 78.3 Å². The highest BCUT2D eigenvalue weighted by atomic mass is 15.0. The highest BCUT2D eigenvalue weighted by Gasteiger charge is 2.43. The van der Waals surface area contributed by atoms with Crippen molar-refractivity contribution in [2.24, 2.45) is 11.8 Å². The third kappa shape index (κ3) is 6.36. The highest BCUT2D eigenvalue weighted by Crippen LogP contribution is 2.53. The van der Waals surface area contributed by atoms with E-state index in [1.807, 2.05) is 6.07 Å². The molecule has 0 N–H and O–H groups in total. The Balaban J connectivity index is 1.07. The molecule has 0 saturated heterocycles. The third-order valence-corrected chi connectivity index (χ3v) is 13.6. The Bertz CT molecular complexity index is 2480. The van der Waals surface area contributed by atoms with Gasteiger partial charge in [-0.15, -0.1) is 0 Å². The molecular weight excluding hydrogens is 681 g/mol. The molecular formula is C52H52N4. The average molecular weight is 733 g/mol. The largest absolute Gasteiger partial charge is 0.208 e. The Labute approximate surface area is 333 Å². The van der Waals surface area contributed by atoms with Crippen molar-refractivity contribution < 1.29 is 0 Å². The van der Waals surface area contributed by atoms with E-state index in [4.69, 9.17) is 15.0 Å². The van der Waals surface area contributed by atoms with E-state index in [1.54, 1.807) is 0 Å². The molecule has 6 aromatic rings. The van der Waals surface area contributed by atoms with Crippen LogP contribution in [0, 0.1) is 23.2 Å². The summed E-state index contributed by atoms with van der Waals surface area (Å²) in [6, 6.07) is 41.8. The van der Waals surface area contributed by atoms with Crippen LogP contribution < -0.4 is 0 Å². The van der Waals surface area contributed by atoms with Crippen molar-refractivity contribution in [3.8, 4) is 62.5 Å². The van der Waals surface area contributed by atoms with Gasteiger partial charge in [-0.05, 0) is 111 Å². The average Bonchev–Trinajstić information content (AvgIpc) is 3.44. The zero-order chi connectivity index (χ0) is 38.8. The second-order valence-electron chi connectivity index (χ2n) is 18.5. The van der Waals surface area contributed by atoms with E-state index in [-0.39, 0.29) is 10.8 Å². The summed E-state index contributed by atoms with van der Waals surface area (Å²) in [5.41, 5.74) is 13.9. The fourth-order valence-electron chi connectivity index (χ4n) is 10.3. The normalized spacial score (nSPS) is 20.9. The van der Waals surface area contributed by atoms with Gasteiger partial charge < -0.3 is 0 Å². The number of nitrogens with zero attached hydrogens (tertiary/aromatic N) is 4. The van der Waals surface area contributed by atoms with Crippen LogP contribution in [0.15, 0.2) is 109 Å². The Morgan fingerprint density at radius 1 is 0.661 bits per heavy atom. The topological polar surface area (TPSA) is 62.5 Å². The fourth-order valence-corrected chi connectivity index (χ4v) is 10.3. The molecule has 56 heavy (non-hydrogen) atoms. The van der Waals surface area contributed by atoms with E-state index in [9.17, 15) is 5.26 Å². The van der Waals surface area contributed by atoms with Gasteiger partial charge in [0.15, 0.2) is 17.5 Å². The summed E-state index contributed by atoms with van der Waals surface area (Å²) in [5, 5.41) is 9.57. The number of hydrogen-bond acceptors (Lipinski definition) is 4. The van der Waals surface area contributed by atoms with Crippen molar-refractivity contribution in [2.75, 3.05) is 0 Å². The van der Waals surface area contributed by atoms with Crippen molar-refractivity contribution in [2.45, 2.75) is 103 Å². The molecule has 0 amide bonds. The summed E-state index contributed by atoms with van der Waals surface area (Å²) in [6.07, 6.45) is 9.41. The number of nitriles is 1. The monoisotopic (exact) mass is 732 g/mol. The van der Waals surface area contributed by atoms with E-state index < -0.39 is 0 Å². The van der Waals surface area contributed by atoms with Gasteiger partial charge in [0.1, 0.15) is 0 Å². The van der Waals surface area contributed by atoms with Crippen LogP contribution >= 0.6 is 0 Å². The van der Waals surface area contributed by atoms with Crippen LogP contribution in [0.2, 0.25) is 0 Å². The van der Waals surface area contributed by atoms with Gasteiger partial charge in [0, 0.05) is 22.1 Å². The van der Waals surface area contributed by atoms with Crippen molar-refractivity contribution >= 4 is 0 Å². The molecule has 280 valence electrons. The molecule has 3 aliphatic rings. The lowest BCUT2D eigenvalue weighted by molar-refractivity contribution is 0.100. The Hall–Kier alpha value is -5.40. The van der Waals surface area contributed by atoms with Crippen LogP contribution in [0.4, 0.5) is 0 Å². The van der Waals surface area contributed by atoms with Gasteiger partial charge >= 0.3 is 0 Å². The summed E-state index contributed by atoms with van der Waals surface area (Å²) in [7, 11) is 0. The molecule has 2 fully saturated rings. The summed E-state index contributed by atoms with van der Waals surface area (Å²) < 4.78 is 0. The van der Waals surface area contributed by atoms with Gasteiger partial charge in [-0.1, -0.05) is 152 Å². The van der Waals surface area contributed by atoms with Crippen LogP contribution in [0.5, 0.6) is 0 Å². The summed E-state index contributed by atoms with van der Waals surface area (Å²) in [5.74, 6) is 3.77. The van der Waals surface area contributed by atoms with Gasteiger partial charge in [0.25, 0.3) is 0 Å². The van der Waals surface area contributed by atoms with Gasteiger partial charge in [0.2, 0.25) is 0 Å². The molecule has 3 atom stereocenters. The molecule has 1 heterocycles. The zero-order valence-corrected chi connectivity index (χ0v) is 33.8. The molecule has 0 aliphatic heterocycles. The number of rotatable bonds is 6. The first-order valence-corrected chi connectivity index (χ1v) is 20.7. The summed E-state index contributed by atoms with van der Waals surface area (Å²) >= 11 is 0. The first kappa shape index (κ1) is 36.3. The Morgan fingerprint density at radius 3 is 1.86 bits per heavy atom. The summed E-state index contributed by atoms with van der Waals surface area (Å²) in [4.78, 5) is 15.4. The molecule has 2 saturated carbocycles. The standard InChI is InChI=1S/C52H52N4/c1-7-33-27-34-9-8-26-52(30-33,31-34)42-22-17-39(18-23-42)49-55-47(54-48(56-49)38-15-20-41(21-16-38)50(2,3)4)37-13-11-36(12-14-37)40-19-25-45-44(29-40)43-24-10-35(32-53)28-46(43)51(45,5)6/h10-25,28-29,33-34H,7-9,26-27,30-31H2,1-6H3/t33-,34+,52?/m1/s1. The van der Waals surface area contributed by atoms with Gasteiger partial charge in [-0.2, -0.15) is 5.26 Å². The first-order valence-electron chi connectivity index (χ1n) is 20.7. The predicted molar refractivity (Wildman–Crippen MR) is 229 cm³/mol. The minimum atomic E-state index is -0.159. The van der Waals surface area contributed by atoms with Crippen molar-refractivity contribution in [3.05, 3.63) is 137 Å². The number of benzene rings is 5. The second-order valence-corrected chi connectivity index (χ2v) is 18.5. The molecule has 5 aromatic carbocycles. The number of hydrogen-bond donors (Lipinski definition) is 0. The molecule has 4 heteroatoms. The maximum atomic E-state index is 9.57. The third-order valence-electron chi connectivity index (χ3n) is 13.6. The van der Waals surface area contributed by atoms with Crippen LogP contribution in [0.25, 0.3) is 56.4 Å². The first-order chi connectivity index (χ1) is 26.9. The van der Waals surface area contributed by atoms with E-state index in [0.717, 1.165) is 39.7 Å². The molecule has 3 aliphatic carbocycles. The van der Waals surface area contributed by atoms with Crippen molar-refractivity contribution in [1.29, 1.82) is 5.26 Å². The Morgan fingerprint density at radius 2 is 1.25 bits per heavy atom. The van der Waals surface area contributed by atoms with Crippen LogP contribution in [0.1, 0.15) is 114 Å².